The predicted octanol–water partition coefficient (Wildman–Crippen LogP) is 4.25. The van der Waals surface area contributed by atoms with E-state index >= 15 is 0 Å². The Morgan fingerprint density at radius 1 is 0.960 bits per heavy atom. The van der Waals surface area contributed by atoms with E-state index in [1.807, 2.05) is 45.9 Å². The minimum Gasteiger partial charge on any atom is -0.340 e. The highest BCUT2D eigenvalue weighted by Crippen LogP contribution is 2.23. The van der Waals surface area contributed by atoms with E-state index in [1.165, 1.54) is 21.6 Å². The summed E-state index contributed by atoms with van der Waals surface area (Å²) >= 11 is 0. The summed E-state index contributed by atoms with van der Waals surface area (Å²) in [6.07, 6.45) is 1.41. The van der Waals surface area contributed by atoms with Crippen LogP contribution in [0.3, 0.4) is 0 Å². The van der Waals surface area contributed by atoms with Crippen molar-refractivity contribution in [1.82, 2.24) is 9.29 Å². The first-order chi connectivity index (χ1) is 11.6. The van der Waals surface area contributed by atoms with Gasteiger partial charge in [0.15, 0.2) is 0 Å². The van der Waals surface area contributed by atoms with Crippen LogP contribution in [-0.4, -0.2) is 29.8 Å². The normalized spacial score (nSPS) is 12.2. The van der Waals surface area contributed by atoms with Gasteiger partial charge in [-0.15, -0.1) is 0 Å². The van der Waals surface area contributed by atoms with E-state index < -0.39 is 10.0 Å². The van der Waals surface area contributed by atoms with Crippen molar-refractivity contribution in [2.45, 2.75) is 58.5 Å². The molecule has 0 saturated heterocycles. The number of benzene rings is 1. The molecule has 2 rings (SSSR count). The molecule has 5 nitrogen and oxygen atoms in total. The summed E-state index contributed by atoms with van der Waals surface area (Å²) in [5, 5.41) is 3.21. The Kier molecular flexibility index (Phi) is 5.85. The zero-order chi connectivity index (χ0) is 18.8. The molecule has 1 N–H and O–H groups in total. The highest BCUT2D eigenvalue weighted by molar-refractivity contribution is 7.89. The van der Waals surface area contributed by atoms with E-state index in [1.54, 1.807) is 12.1 Å². The molecular formula is C19H27N3O2S. The number of aromatic nitrogens is 1. The summed E-state index contributed by atoms with van der Waals surface area (Å²) in [7, 11) is -3.56. The second-order valence-corrected chi connectivity index (χ2v) is 8.67. The topological polar surface area (TPSA) is 62.3 Å². The summed E-state index contributed by atoms with van der Waals surface area (Å²) in [6, 6.07) is 9.13. The Morgan fingerprint density at radius 3 is 2.08 bits per heavy atom. The van der Waals surface area contributed by atoms with Crippen LogP contribution in [0.5, 0.6) is 0 Å². The van der Waals surface area contributed by atoms with Crippen molar-refractivity contribution in [3.8, 4) is 0 Å². The van der Waals surface area contributed by atoms with Gasteiger partial charge in [-0.05, 0) is 76.9 Å². The van der Waals surface area contributed by atoms with Gasteiger partial charge in [-0.2, -0.15) is 4.31 Å². The third kappa shape index (κ3) is 4.38. The van der Waals surface area contributed by atoms with Gasteiger partial charge in [-0.1, -0.05) is 6.07 Å². The van der Waals surface area contributed by atoms with Crippen LogP contribution in [0.1, 0.15) is 38.8 Å². The van der Waals surface area contributed by atoms with Gasteiger partial charge in [-0.25, -0.2) is 13.4 Å². The Hall–Kier alpha value is -1.92. The fourth-order valence-electron chi connectivity index (χ4n) is 2.85. The third-order valence-electron chi connectivity index (χ3n) is 4.11. The molecule has 0 aliphatic carbocycles. The molecule has 0 saturated carbocycles. The van der Waals surface area contributed by atoms with Crippen molar-refractivity contribution in [3.63, 3.8) is 0 Å². The number of hydrogen-bond acceptors (Lipinski definition) is 4. The van der Waals surface area contributed by atoms with Gasteiger partial charge < -0.3 is 5.32 Å². The number of nitrogens with zero attached hydrogens (tertiary/aromatic N) is 2. The molecule has 1 aromatic heterocycles. The highest BCUT2D eigenvalue weighted by Gasteiger charge is 2.29. The maximum atomic E-state index is 12.8. The van der Waals surface area contributed by atoms with Crippen LogP contribution in [0.25, 0.3) is 0 Å². The van der Waals surface area contributed by atoms with Crippen LogP contribution in [0.15, 0.2) is 41.4 Å². The molecule has 0 spiro atoms. The second kappa shape index (κ2) is 7.54. The second-order valence-electron chi connectivity index (χ2n) is 6.83. The third-order valence-corrected chi connectivity index (χ3v) is 6.34. The van der Waals surface area contributed by atoms with Crippen molar-refractivity contribution in [3.05, 3.63) is 47.7 Å². The summed E-state index contributed by atoms with van der Waals surface area (Å²) in [4.78, 5) is 4.49. The molecule has 0 amide bonds. The molecule has 0 atom stereocenters. The number of nitrogens with one attached hydrogen (secondary N) is 1. The maximum absolute atomic E-state index is 12.8. The average molecular weight is 362 g/mol. The Labute approximate surface area is 151 Å². The summed E-state index contributed by atoms with van der Waals surface area (Å²) in [5.41, 5.74) is 3.34. The first-order valence-electron chi connectivity index (χ1n) is 8.47. The maximum Gasteiger partial charge on any atom is 0.245 e. The van der Waals surface area contributed by atoms with Crippen LogP contribution in [0.2, 0.25) is 0 Å². The standard InChI is InChI=1S/C19H27N3O2S/c1-13(2)22(14(3)4)25(23,24)18-9-10-19(20-12-18)21-17-8-7-15(5)16(6)11-17/h7-14H,1-6H3,(H,20,21). The molecule has 0 unspecified atom stereocenters. The fourth-order valence-corrected chi connectivity index (χ4v) is 4.63. The summed E-state index contributed by atoms with van der Waals surface area (Å²) < 4.78 is 27.2. The SMILES string of the molecule is Cc1ccc(Nc2ccc(S(=O)(=O)N(C(C)C)C(C)C)cn2)cc1C. The average Bonchev–Trinajstić information content (AvgIpc) is 2.50. The zero-order valence-corrected chi connectivity index (χ0v) is 16.6. The van der Waals surface area contributed by atoms with Gasteiger partial charge in [0.1, 0.15) is 10.7 Å². The molecule has 1 heterocycles. The number of sulfonamides is 1. The Bertz CT molecular complexity index is 820. The van der Waals surface area contributed by atoms with Gasteiger partial charge in [0.25, 0.3) is 0 Å². The molecular weight excluding hydrogens is 334 g/mol. The van der Waals surface area contributed by atoms with Crippen LogP contribution < -0.4 is 5.32 Å². The monoisotopic (exact) mass is 361 g/mol. The highest BCUT2D eigenvalue weighted by atomic mass is 32.2. The molecule has 0 bridgehead atoms. The number of anilines is 2. The van der Waals surface area contributed by atoms with Gasteiger partial charge >= 0.3 is 0 Å². The van der Waals surface area contributed by atoms with Crippen molar-refractivity contribution < 1.29 is 8.42 Å². The van der Waals surface area contributed by atoms with Crippen LogP contribution in [-0.2, 0) is 10.0 Å². The number of aryl methyl sites for hydroxylation is 2. The Balaban J connectivity index is 2.25. The minimum atomic E-state index is -3.56. The Morgan fingerprint density at radius 2 is 1.60 bits per heavy atom. The lowest BCUT2D eigenvalue weighted by molar-refractivity contribution is 0.302. The molecule has 0 fully saturated rings. The molecule has 0 radical (unpaired) electrons. The quantitative estimate of drug-likeness (QED) is 0.835. The molecule has 136 valence electrons. The summed E-state index contributed by atoms with van der Waals surface area (Å²) in [6.45, 7) is 11.6. The number of pyridine rings is 1. The van der Waals surface area contributed by atoms with Crippen molar-refractivity contribution in [1.29, 1.82) is 0 Å². The van der Waals surface area contributed by atoms with Gasteiger partial charge in [0, 0.05) is 24.0 Å². The van der Waals surface area contributed by atoms with E-state index in [-0.39, 0.29) is 17.0 Å². The van der Waals surface area contributed by atoms with Crippen LogP contribution >= 0.6 is 0 Å². The molecule has 1 aromatic carbocycles. The predicted molar refractivity (Wildman–Crippen MR) is 103 cm³/mol. The van der Waals surface area contributed by atoms with Gasteiger partial charge in [-0.3, -0.25) is 0 Å². The molecule has 2 aromatic rings. The lowest BCUT2D eigenvalue weighted by Crippen LogP contribution is -2.41. The van der Waals surface area contributed by atoms with E-state index in [4.69, 9.17) is 0 Å². The molecule has 25 heavy (non-hydrogen) atoms. The smallest absolute Gasteiger partial charge is 0.245 e. The van der Waals surface area contributed by atoms with Crippen LogP contribution in [0, 0.1) is 13.8 Å². The van der Waals surface area contributed by atoms with E-state index in [0.29, 0.717) is 5.82 Å². The van der Waals surface area contributed by atoms with Crippen molar-refractivity contribution in [2.75, 3.05) is 5.32 Å². The molecule has 0 aliphatic rings. The lowest BCUT2D eigenvalue weighted by Gasteiger charge is -2.29. The molecule has 0 aliphatic heterocycles. The number of hydrogen-bond donors (Lipinski definition) is 1. The minimum absolute atomic E-state index is 0.113. The first kappa shape index (κ1) is 19.4. The van der Waals surface area contributed by atoms with Crippen LogP contribution in [0.4, 0.5) is 11.5 Å². The first-order valence-corrected chi connectivity index (χ1v) is 9.91. The largest absolute Gasteiger partial charge is 0.340 e. The van der Waals surface area contributed by atoms with Gasteiger partial charge in [0.2, 0.25) is 10.0 Å². The zero-order valence-electron chi connectivity index (χ0n) is 15.7. The summed E-state index contributed by atoms with van der Waals surface area (Å²) in [5.74, 6) is 0.614. The van der Waals surface area contributed by atoms with Crippen molar-refractivity contribution in [2.24, 2.45) is 0 Å². The van der Waals surface area contributed by atoms with E-state index in [0.717, 1.165) is 5.69 Å². The van der Waals surface area contributed by atoms with E-state index in [2.05, 4.69) is 24.1 Å². The molecule has 6 heteroatoms. The fraction of sp³-hybridized carbons (Fsp3) is 0.421. The van der Waals surface area contributed by atoms with Gasteiger partial charge in [0.05, 0.1) is 0 Å². The van der Waals surface area contributed by atoms with E-state index in [9.17, 15) is 8.42 Å². The number of rotatable bonds is 6. The lowest BCUT2D eigenvalue weighted by atomic mass is 10.1. The van der Waals surface area contributed by atoms with Crippen molar-refractivity contribution >= 4 is 21.5 Å².